The third kappa shape index (κ3) is 1.18. The van der Waals surface area contributed by atoms with Crippen LogP contribution in [0.1, 0.15) is 18.7 Å². The summed E-state index contributed by atoms with van der Waals surface area (Å²) in [5.41, 5.74) is 2.28. The van der Waals surface area contributed by atoms with Gasteiger partial charge in [-0.3, -0.25) is 0 Å². The molecule has 1 heterocycles. The Balaban J connectivity index is 2.75. The number of rotatable bonds is 1. The maximum Gasteiger partial charge on any atom is 0.118 e. The number of benzene rings is 1. The number of nitrogens with zero attached hydrogens (tertiary/aromatic N) is 2. The number of aryl methyl sites for hydroxylation is 1. The van der Waals surface area contributed by atoms with Crippen molar-refractivity contribution in [3.05, 3.63) is 36.0 Å². The summed E-state index contributed by atoms with van der Waals surface area (Å²) < 4.78 is 2.06. The van der Waals surface area contributed by atoms with Crippen molar-refractivity contribution in [2.75, 3.05) is 0 Å². The zero-order chi connectivity index (χ0) is 10.1. The van der Waals surface area contributed by atoms with Gasteiger partial charge < -0.3 is 4.57 Å². The molecule has 0 saturated carbocycles. The van der Waals surface area contributed by atoms with Crippen LogP contribution < -0.4 is 0 Å². The summed E-state index contributed by atoms with van der Waals surface area (Å²) in [7, 11) is 0. The molecule has 0 spiro atoms. The minimum atomic E-state index is -0.102. The summed E-state index contributed by atoms with van der Waals surface area (Å²) in [5.74, 6) is 0. The fraction of sp³-hybridized carbons (Fsp3) is 0.250. The van der Waals surface area contributed by atoms with Gasteiger partial charge in [-0.15, -0.1) is 0 Å². The second kappa shape index (κ2) is 3.19. The smallest absolute Gasteiger partial charge is 0.118 e. The van der Waals surface area contributed by atoms with Gasteiger partial charge in [-0.2, -0.15) is 5.26 Å². The highest BCUT2D eigenvalue weighted by atomic mass is 15.0. The molecule has 0 aliphatic heterocycles. The van der Waals surface area contributed by atoms with E-state index in [4.69, 9.17) is 5.26 Å². The summed E-state index contributed by atoms with van der Waals surface area (Å²) in [6.07, 6.45) is 0. The first kappa shape index (κ1) is 8.83. The fourth-order valence-corrected chi connectivity index (χ4v) is 1.89. The first-order chi connectivity index (χ1) is 6.74. The van der Waals surface area contributed by atoms with E-state index in [1.807, 2.05) is 26.0 Å². The van der Waals surface area contributed by atoms with Crippen molar-refractivity contribution in [2.45, 2.75) is 19.9 Å². The van der Waals surface area contributed by atoms with E-state index in [2.05, 4.69) is 28.8 Å². The largest absolute Gasteiger partial charge is 0.329 e. The zero-order valence-electron chi connectivity index (χ0n) is 8.36. The Morgan fingerprint density at radius 3 is 2.79 bits per heavy atom. The second-order valence-corrected chi connectivity index (χ2v) is 3.52. The van der Waals surface area contributed by atoms with Crippen molar-refractivity contribution in [3.63, 3.8) is 0 Å². The van der Waals surface area contributed by atoms with Crippen LogP contribution in [0.15, 0.2) is 30.3 Å². The van der Waals surface area contributed by atoms with E-state index in [-0.39, 0.29) is 6.04 Å². The van der Waals surface area contributed by atoms with Gasteiger partial charge in [-0.1, -0.05) is 18.2 Å². The minimum absolute atomic E-state index is 0.102. The molecule has 14 heavy (non-hydrogen) atoms. The normalized spacial score (nSPS) is 12.6. The van der Waals surface area contributed by atoms with Crippen LogP contribution in [0.2, 0.25) is 0 Å². The van der Waals surface area contributed by atoms with Crippen molar-refractivity contribution < 1.29 is 0 Å². The van der Waals surface area contributed by atoms with Crippen LogP contribution in [0.4, 0.5) is 0 Å². The highest BCUT2D eigenvalue weighted by Crippen LogP contribution is 2.22. The summed E-state index contributed by atoms with van der Waals surface area (Å²) in [5, 5.41) is 10.1. The molecule has 70 valence electrons. The molecule has 0 aliphatic carbocycles. The molecular weight excluding hydrogens is 172 g/mol. The topological polar surface area (TPSA) is 28.7 Å². The molecule has 1 unspecified atom stereocenters. The predicted molar refractivity (Wildman–Crippen MR) is 57.0 cm³/mol. The molecule has 2 rings (SSSR count). The monoisotopic (exact) mass is 184 g/mol. The third-order valence-electron chi connectivity index (χ3n) is 2.51. The number of fused-ring (bicyclic) bond motifs is 1. The van der Waals surface area contributed by atoms with Crippen LogP contribution in [0.3, 0.4) is 0 Å². The van der Waals surface area contributed by atoms with Gasteiger partial charge >= 0.3 is 0 Å². The van der Waals surface area contributed by atoms with Gasteiger partial charge in [0.2, 0.25) is 0 Å². The van der Waals surface area contributed by atoms with Crippen molar-refractivity contribution in [2.24, 2.45) is 0 Å². The van der Waals surface area contributed by atoms with Gasteiger partial charge in [-0.05, 0) is 31.4 Å². The van der Waals surface area contributed by atoms with Gasteiger partial charge in [0.1, 0.15) is 6.04 Å². The summed E-state index contributed by atoms with van der Waals surface area (Å²) in [6.45, 7) is 3.95. The van der Waals surface area contributed by atoms with Crippen LogP contribution in [-0.2, 0) is 0 Å². The van der Waals surface area contributed by atoms with Gasteiger partial charge in [0, 0.05) is 11.2 Å². The Morgan fingerprint density at radius 1 is 1.36 bits per heavy atom. The number of para-hydroxylation sites is 1. The van der Waals surface area contributed by atoms with E-state index in [0.717, 1.165) is 11.2 Å². The van der Waals surface area contributed by atoms with Crippen LogP contribution in [0, 0.1) is 18.3 Å². The van der Waals surface area contributed by atoms with E-state index in [1.54, 1.807) is 0 Å². The second-order valence-electron chi connectivity index (χ2n) is 3.52. The Morgan fingerprint density at radius 2 is 2.07 bits per heavy atom. The van der Waals surface area contributed by atoms with Crippen molar-refractivity contribution in [3.8, 4) is 6.07 Å². The molecule has 0 N–H and O–H groups in total. The zero-order valence-corrected chi connectivity index (χ0v) is 8.36. The third-order valence-corrected chi connectivity index (χ3v) is 2.51. The molecule has 0 aliphatic rings. The lowest BCUT2D eigenvalue weighted by molar-refractivity contribution is 0.681. The molecule has 1 aromatic heterocycles. The molecule has 2 nitrogen and oxygen atoms in total. The van der Waals surface area contributed by atoms with Crippen LogP contribution in [0.25, 0.3) is 10.9 Å². The Kier molecular flexibility index (Phi) is 2.01. The molecule has 0 saturated heterocycles. The van der Waals surface area contributed by atoms with Gasteiger partial charge in [0.05, 0.1) is 6.07 Å². The molecule has 0 radical (unpaired) electrons. The number of nitriles is 1. The van der Waals surface area contributed by atoms with E-state index in [9.17, 15) is 0 Å². The van der Waals surface area contributed by atoms with Gasteiger partial charge in [0.15, 0.2) is 0 Å². The van der Waals surface area contributed by atoms with Gasteiger partial charge in [0.25, 0.3) is 0 Å². The quantitative estimate of drug-likeness (QED) is 0.669. The van der Waals surface area contributed by atoms with E-state index >= 15 is 0 Å². The predicted octanol–water partition coefficient (Wildman–Crippen LogP) is 3.03. The van der Waals surface area contributed by atoms with Gasteiger partial charge in [-0.25, -0.2) is 0 Å². The fourth-order valence-electron chi connectivity index (χ4n) is 1.89. The highest BCUT2D eigenvalue weighted by Gasteiger charge is 2.09. The van der Waals surface area contributed by atoms with E-state index in [1.165, 1.54) is 5.39 Å². The van der Waals surface area contributed by atoms with Crippen molar-refractivity contribution in [1.29, 1.82) is 5.26 Å². The lowest BCUT2D eigenvalue weighted by atomic mass is 10.2. The van der Waals surface area contributed by atoms with Crippen LogP contribution >= 0.6 is 0 Å². The highest BCUT2D eigenvalue weighted by molar-refractivity contribution is 5.81. The molecule has 1 aromatic carbocycles. The summed E-state index contributed by atoms with van der Waals surface area (Å²) in [4.78, 5) is 0. The van der Waals surface area contributed by atoms with Crippen molar-refractivity contribution in [1.82, 2.24) is 4.57 Å². The lowest BCUT2D eigenvalue weighted by Crippen LogP contribution is -2.03. The van der Waals surface area contributed by atoms with Crippen molar-refractivity contribution >= 4 is 10.9 Å². The SMILES string of the molecule is Cc1cc2ccccc2n1C(C)C#N. The number of hydrogen-bond acceptors (Lipinski definition) is 1. The standard InChI is InChI=1S/C12H12N2/c1-9-7-11-5-3-4-6-12(11)14(9)10(2)8-13/h3-7,10H,1-2H3. The van der Waals surface area contributed by atoms with E-state index < -0.39 is 0 Å². The van der Waals surface area contributed by atoms with E-state index in [0.29, 0.717) is 0 Å². The Hall–Kier alpha value is -1.75. The maximum absolute atomic E-state index is 8.92. The Bertz CT molecular complexity index is 503. The molecule has 0 bridgehead atoms. The lowest BCUT2D eigenvalue weighted by Gasteiger charge is -2.09. The number of hydrogen-bond donors (Lipinski definition) is 0. The summed E-state index contributed by atoms with van der Waals surface area (Å²) in [6, 6.07) is 12.4. The van der Waals surface area contributed by atoms with Crippen LogP contribution in [0.5, 0.6) is 0 Å². The minimum Gasteiger partial charge on any atom is -0.329 e. The first-order valence-corrected chi connectivity index (χ1v) is 4.70. The van der Waals surface area contributed by atoms with Crippen LogP contribution in [-0.4, -0.2) is 4.57 Å². The molecule has 1 atom stereocenters. The molecule has 2 aromatic rings. The first-order valence-electron chi connectivity index (χ1n) is 4.70. The average Bonchev–Trinajstić information content (AvgIpc) is 2.53. The molecule has 0 fully saturated rings. The average molecular weight is 184 g/mol. The maximum atomic E-state index is 8.92. The molecule has 0 amide bonds. The Labute approximate surface area is 83.4 Å². The number of aromatic nitrogens is 1. The summed E-state index contributed by atoms with van der Waals surface area (Å²) >= 11 is 0. The molecule has 2 heteroatoms. The molecular formula is C12H12N2.